The molecule has 0 aromatic rings. The van der Waals surface area contributed by atoms with Gasteiger partial charge in [0.25, 0.3) is 0 Å². The van der Waals surface area contributed by atoms with E-state index in [-0.39, 0.29) is 10.1 Å². The van der Waals surface area contributed by atoms with Crippen LogP contribution in [0.5, 0.6) is 0 Å². The van der Waals surface area contributed by atoms with E-state index in [1.54, 1.807) is 0 Å². The Kier molecular flexibility index (Phi) is 2.86. The van der Waals surface area contributed by atoms with Gasteiger partial charge in [-0.1, -0.05) is 0 Å². The van der Waals surface area contributed by atoms with Crippen molar-refractivity contribution in [2.45, 2.75) is 0 Å². The molecule has 0 aromatic carbocycles. The van der Waals surface area contributed by atoms with Crippen LogP contribution in [0.1, 0.15) is 0 Å². The summed E-state index contributed by atoms with van der Waals surface area (Å²) in [6, 6.07) is 0. The highest BCUT2D eigenvalue weighted by Gasteiger charge is 1.69. The second-order valence-electron chi connectivity index (χ2n) is 0.834. The number of rotatable bonds is 0. The predicted octanol–water partition coefficient (Wildman–Crippen LogP) is 1.05. The van der Waals surface area contributed by atoms with E-state index in [0.717, 1.165) is 0 Å². The first-order chi connectivity index (χ1) is 3.72. The van der Waals surface area contributed by atoms with E-state index < -0.39 is 0 Å². The van der Waals surface area contributed by atoms with Gasteiger partial charge in [0.1, 0.15) is 0 Å². The van der Waals surface area contributed by atoms with Gasteiger partial charge in [-0.2, -0.15) is 0 Å². The highest BCUT2D eigenvalue weighted by atomic mass is 32.1. The summed E-state index contributed by atoms with van der Waals surface area (Å²) in [5, 5.41) is -0.231. The summed E-state index contributed by atoms with van der Waals surface area (Å²) < 4.78 is 0. The van der Waals surface area contributed by atoms with Crippen LogP contribution in [0.4, 0.5) is 0 Å². The first-order valence-corrected chi connectivity index (χ1v) is 2.37. The molecule has 0 fully saturated rings. The fraction of sp³-hybridized carbons (Fsp3) is 0. The summed E-state index contributed by atoms with van der Waals surface area (Å²) >= 11 is 8.74. The van der Waals surface area contributed by atoms with Crippen molar-refractivity contribution in [3.05, 3.63) is 32.9 Å². The molecule has 0 saturated heterocycles. The minimum atomic E-state index is -0.116. The summed E-state index contributed by atoms with van der Waals surface area (Å²) in [4.78, 5) is 5.57. The zero-order valence-corrected chi connectivity index (χ0v) is 5.34. The number of hydrogen-bond acceptors (Lipinski definition) is 2. The quantitative estimate of drug-likeness (QED) is 0.367. The van der Waals surface area contributed by atoms with Crippen LogP contribution >= 0.6 is 0 Å². The third-order valence-electron chi connectivity index (χ3n) is 0.386. The molecule has 2 nitrogen and oxygen atoms in total. The maximum atomic E-state index is 6.30. The molecule has 8 heavy (non-hydrogen) atoms. The Morgan fingerprint density at radius 2 is 1.25 bits per heavy atom. The van der Waals surface area contributed by atoms with Crippen LogP contribution in [0.3, 0.4) is 0 Å². The van der Waals surface area contributed by atoms with Gasteiger partial charge < -0.3 is 25.3 Å². The maximum Gasteiger partial charge on any atom is 0.0878 e. The lowest BCUT2D eigenvalue weighted by Crippen LogP contribution is -1.70. The van der Waals surface area contributed by atoms with E-state index in [1.807, 2.05) is 0 Å². The largest absolute Gasteiger partial charge is 0.826 e. The van der Waals surface area contributed by atoms with Gasteiger partial charge in [0, 0.05) is 10.1 Å². The van der Waals surface area contributed by atoms with Gasteiger partial charge >= 0.3 is 0 Å². The average molecular weight is 140 g/mol. The maximum absolute atomic E-state index is 6.30. The van der Waals surface area contributed by atoms with Gasteiger partial charge in [0.15, 0.2) is 0 Å². The minimum absolute atomic E-state index is 0.116. The molecule has 0 aliphatic carbocycles. The summed E-state index contributed by atoms with van der Waals surface area (Å²) in [7, 11) is 0. The van der Waals surface area contributed by atoms with E-state index in [2.05, 4.69) is 34.9 Å². The molecule has 0 heterocycles. The fourth-order valence-corrected chi connectivity index (χ4v) is 0.187. The molecule has 0 radical (unpaired) electrons. The van der Waals surface area contributed by atoms with E-state index in [9.17, 15) is 0 Å². The van der Waals surface area contributed by atoms with Crippen LogP contribution in [-0.2, 0) is 25.3 Å². The van der Waals surface area contributed by atoms with E-state index in [0.29, 0.717) is 0 Å². The van der Waals surface area contributed by atoms with Crippen molar-refractivity contribution in [3.63, 3.8) is 0 Å². The fourth-order valence-electron chi connectivity index (χ4n) is 0.0956. The summed E-state index contributed by atoms with van der Waals surface area (Å²) in [5.41, 5.74) is 0. The van der Waals surface area contributed by atoms with Crippen LogP contribution < -0.4 is 0 Å². The minimum Gasteiger partial charge on any atom is -0.826 e. The van der Waals surface area contributed by atoms with E-state index >= 15 is 0 Å². The van der Waals surface area contributed by atoms with Crippen LogP contribution in [0.2, 0.25) is 0 Å². The second-order valence-corrected chi connectivity index (χ2v) is 1.61. The van der Waals surface area contributed by atoms with Gasteiger partial charge in [-0.25, -0.2) is 0 Å². The third-order valence-corrected chi connectivity index (χ3v) is 1.08. The standard InChI is InChI=1S/C4H2N2S2/c1-5-3(7)4(8)6-2/h7-8H/p-2/b4-3-. The first kappa shape index (κ1) is 7.16. The molecule has 0 saturated carbocycles. The molecule has 40 valence electrons. The summed E-state index contributed by atoms with van der Waals surface area (Å²) in [5.74, 6) is 0. The lowest BCUT2D eigenvalue weighted by atomic mass is 10.9. The highest BCUT2D eigenvalue weighted by molar-refractivity contribution is 7.68. The molecule has 0 atom stereocenters. The average Bonchev–Trinajstić information content (AvgIpc) is 1.84. The molecule has 0 aromatic heterocycles. The lowest BCUT2D eigenvalue weighted by molar-refractivity contribution is 1.84. The number of hydrogen-bond donors (Lipinski definition) is 0. The normalized spacial score (nSPS) is 10.8. The number of nitrogens with zero attached hydrogens (tertiary/aromatic N) is 2. The van der Waals surface area contributed by atoms with Gasteiger partial charge in [-0.3, -0.25) is 9.69 Å². The molecule has 0 spiro atoms. The SMILES string of the molecule is [C-]#[N+]/C([S-])=C(/[S-])[N+]#[C-]. The molecule has 0 bridgehead atoms. The van der Waals surface area contributed by atoms with Crippen LogP contribution in [0, 0.1) is 13.1 Å². The van der Waals surface area contributed by atoms with Crippen LogP contribution in [-0.4, -0.2) is 0 Å². The second kappa shape index (κ2) is 3.20. The van der Waals surface area contributed by atoms with Crippen molar-refractivity contribution >= 4 is 25.3 Å². The van der Waals surface area contributed by atoms with Crippen LogP contribution in [0.15, 0.2) is 10.1 Å². The molecule has 0 aliphatic rings. The zero-order chi connectivity index (χ0) is 6.57. The van der Waals surface area contributed by atoms with Crippen LogP contribution in [0.25, 0.3) is 9.69 Å². The zero-order valence-electron chi connectivity index (χ0n) is 3.71. The first-order valence-electron chi connectivity index (χ1n) is 1.55. The van der Waals surface area contributed by atoms with Crippen molar-refractivity contribution in [1.82, 2.24) is 0 Å². The predicted molar refractivity (Wildman–Crippen MR) is 35.0 cm³/mol. The van der Waals surface area contributed by atoms with Crippen molar-refractivity contribution < 1.29 is 0 Å². The lowest BCUT2D eigenvalue weighted by Gasteiger charge is -2.09. The Balaban J connectivity index is 4.41. The third kappa shape index (κ3) is 1.74. The molecule has 0 rings (SSSR count). The summed E-state index contributed by atoms with van der Waals surface area (Å²) in [6.07, 6.45) is 0. The Bertz CT molecular complexity index is 171. The Morgan fingerprint density at radius 3 is 1.38 bits per heavy atom. The van der Waals surface area contributed by atoms with Gasteiger partial charge in [-0.05, 0) is 0 Å². The van der Waals surface area contributed by atoms with Crippen molar-refractivity contribution in [1.29, 1.82) is 0 Å². The molecule has 4 heteroatoms. The molecule has 0 unspecified atom stereocenters. The van der Waals surface area contributed by atoms with Crippen molar-refractivity contribution in [2.75, 3.05) is 0 Å². The molecule has 0 aliphatic heterocycles. The Labute approximate surface area is 58.7 Å². The highest BCUT2D eigenvalue weighted by Crippen LogP contribution is 2.01. The van der Waals surface area contributed by atoms with E-state index in [4.69, 9.17) is 13.1 Å². The van der Waals surface area contributed by atoms with Crippen molar-refractivity contribution in [3.8, 4) is 0 Å². The van der Waals surface area contributed by atoms with E-state index in [1.165, 1.54) is 0 Å². The van der Waals surface area contributed by atoms with Gasteiger partial charge in [0.2, 0.25) is 0 Å². The molecular formula is C4N2S2-2. The van der Waals surface area contributed by atoms with Crippen molar-refractivity contribution in [2.24, 2.45) is 0 Å². The molecule has 0 amide bonds. The topological polar surface area (TPSA) is 8.72 Å². The monoisotopic (exact) mass is 140 g/mol. The summed E-state index contributed by atoms with van der Waals surface area (Å²) in [6.45, 7) is 12.6. The van der Waals surface area contributed by atoms with Gasteiger partial charge in [-0.15, -0.1) is 0 Å². The van der Waals surface area contributed by atoms with Gasteiger partial charge in [0.05, 0.1) is 13.1 Å². The Morgan fingerprint density at radius 1 is 1.00 bits per heavy atom. The molecular weight excluding hydrogens is 140 g/mol. The molecule has 0 N–H and O–H groups in total. The Hall–Kier alpha value is -0.840. The smallest absolute Gasteiger partial charge is 0.0878 e.